The summed E-state index contributed by atoms with van der Waals surface area (Å²) in [5, 5.41) is 20.0. The van der Waals surface area contributed by atoms with Crippen molar-refractivity contribution in [2.24, 2.45) is 0 Å². The molecule has 2 aromatic heterocycles. The largest absolute Gasteiger partial charge is 0.461 e. The Morgan fingerprint density at radius 1 is 0.595 bits per heavy atom. The molecule has 0 saturated carbocycles. The third kappa shape index (κ3) is 15.8. The molecule has 6 N–H and O–H groups in total. The molecule has 6 aromatic carbocycles. The first-order valence-electron chi connectivity index (χ1n) is 25.8. The van der Waals surface area contributed by atoms with Crippen molar-refractivity contribution in [1.82, 2.24) is 29.7 Å². The lowest BCUT2D eigenvalue weighted by molar-refractivity contribution is -0.138. The smallest absolute Gasteiger partial charge is 0.330 e. The van der Waals surface area contributed by atoms with E-state index in [1.54, 1.807) is 0 Å². The summed E-state index contributed by atoms with van der Waals surface area (Å²) in [5.74, 6) is 0.419. The van der Waals surface area contributed by atoms with Crippen LogP contribution in [0.1, 0.15) is 0 Å². The van der Waals surface area contributed by atoms with Gasteiger partial charge in [0.05, 0.1) is 17.6 Å². The van der Waals surface area contributed by atoms with Gasteiger partial charge >= 0.3 is 5.97 Å². The number of halogens is 1. The number of rotatable bonds is 17. The minimum Gasteiger partial charge on any atom is -0.461 e. The van der Waals surface area contributed by atoms with E-state index in [-0.39, 0.29) is 18.5 Å². The number of benzene rings is 6. The number of nitrogens with two attached hydrogens (primary N) is 1. The van der Waals surface area contributed by atoms with Gasteiger partial charge in [0.15, 0.2) is 0 Å². The van der Waals surface area contributed by atoms with E-state index in [0.29, 0.717) is 24.2 Å². The average Bonchev–Trinajstić information content (AvgIpc) is 3.55. The molecular formula is C61H63ClN12O5. The van der Waals surface area contributed by atoms with E-state index in [4.69, 9.17) is 37.1 Å². The zero-order valence-corrected chi connectivity index (χ0v) is 44.6. The lowest BCUT2D eigenvalue weighted by atomic mass is 10.0. The number of anilines is 8. The van der Waals surface area contributed by atoms with Crippen LogP contribution in [0.3, 0.4) is 0 Å². The van der Waals surface area contributed by atoms with Crippen molar-refractivity contribution in [2.45, 2.75) is 0 Å². The molecule has 0 atom stereocenters. The topological polar surface area (TPSA) is 207 Å². The van der Waals surface area contributed by atoms with Gasteiger partial charge in [0.1, 0.15) is 6.61 Å². The number of β-amino-alcohol motifs (C(OH)–C–C–N with tert-alkyl or cyclic N) is 1. The first kappa shape index (κ1) is 56.2. The third-order valence-corrected chi connectivity index (χ3v) is 13.3. The van der Waals surface area contributed by atoms with Crippen molar-refractivity contribution >= 4 is 96.5 Å². The summed E-state index contributed by atoms with van der Waals surface area (Å²) < 4.78 is 5.09. The van der Waals surface area contributed by atoms with Gasteiger partial charge in [0.2, 0.25) is 23.0 Å². The molecule has 2 aliphatic heterocycles. The van der Waals surface area contributed by atoms with Crippen molar-refractivity contribution < 1.29 is 24.2 Å². The Balaban J connectivity index is 0.000000195. The summed E-state index contributed by atoms with van der Waals surface area (Å²) in [6.45, 7) is 19.6. The monoisotopic (exact) mass is 1080 g/mol. The van der Waals surface area contributed by atoms with Crippen LogP contribution in [0, 0.1) is 0 Å². The Hall–Kier alpha value is -9.00. The number of carbonyl (C=O) groups is 3. The molecule has 17 nitrogen and oxygen atoms in total. The fraction of sp³-hybridized carbons (Fsp3) is 0.197. The van der Waals surface area contributed by atoms with E-state index in [2.05, 4.69) is 108 Å². The summed E-state index contributed by atoms with van der Waals surface area (Å²) in [6, 6.07) is 44.2. The first-order valence-corrected chi connectivity index (χ1v) is 26.2. The van der Waals surface area contributed by atoms with Crippen molar-refractivity contribution in [2.75, 3.05) is 110 Å². The maximum absolute atomic E-state index is 11.8. The number of fused-ring (bicyclic) bond motifs is 2. The minimum absolute atomic E-state index is 0.220. The van der Waals surface area contributed by atoms with Gasteiger partial charge in [-0.1, -0.05) is 80.4 Å². The summed E-state index contributed by atoms with van der Waals surface area (Å²) in [7, 11) is 0. The number of carbonyl (C=O) groups excluding carboxylic acids is 3. The molecule has 10 rings (SSSR count). The van der Waals surface area contributed by atoms with Gasteiger partial charge in [0, 0.05) is 140 Å². The number of hydrogen-bond donors (Lipinski definition) is 5. The Bertz CT molecular complexity index is 3400. The highest BCUT2D eigenvalue weighted by atomic mass is 35.5. The number of piperazine rings is 2. The number of nitrogens with zero attached hydrogens (tertiary/aromatic N) is 8. The second-order valence-corrected chi connectivity index (χ2v) is 18.8. The van der Waals surface area contributed by atoms with Crippen LogP contribution >= 0.6 is 11.6 Å². The van der Waals surface area contributed by atoms with Gasteiger partial charge in [0.25, 0.3) is 0 Å². The van der Waals surface area contributed by atoms with E-state index in [1.807, 2.05) is 103 Å². The third-order valence-electron chi connectivity index (χ3n) is 13.2. The second kappa shape index (κ2) is 27.9. The number of para-hydroxylation sites is 2. The van der Waals surface area contributed by atoms with Crippen LogP contribution in [0.5, 0.6) is 0 Å². The number of amides is 1. The van der Waals surface area contributed by atoms with Gasteiger partial charge in [-0.15, -0.1) is 0 Å². The second-order valence-electron chi connectivity index (χ2n) is 18.4. The minimum atomic E-state index is -0.509. The molecule has 4 heterocycles. The number of aromatic nitrogens is 4. The number of nitrogens with one attached hydrogen (secondary N) is 3. The van der Waals surface area contributed by atoms with Crippen LogP contribution in [0.15, 0.2) is 184 Å². The average molecular weight is 1080 g/mol. The standard InChI is InChI=1S/C32H32N6O3.C26H28N6O.C3H3ClO/c1-3-29(39)34-26-9-5-7-23(21-26)28-10-6-8-24-22-33-32(36-31(24)28)35-25-11-13-27(14-12-25)38-17-15-37(16-18-38)19-20-41-30(40)4-2;27-21-5-1-3-19(17-21)24-6-2-4-20-18-28-26(30-25(20)24)29-22-7-9-23(10-8-22)32-13-11-31(12-14-32)15-16-33;1-2-3(4)5/h3-14,21-22H,1-2,15-20H2,(H,34,39)(H,33,35,36);1-10,17-18,33H,11-16,27H2,(H,28,29,30);2H,1H2. The molecule has 2 saturated heterocycles. The lowest BCUT2D eigenvalue weighted by Crippen LogP contribution is -2.47. The number of aliphatic hydroxyl groups excluding tert-OH is 1. The predicted molar refractivity (Wildman–Crippen MR) is 319 cm³/mol. The van der Waals surface area contributed by atoms with Crippen molar-refractivity contribution in [3.8, 4) is 22.3 Å². The van der Waals surface area contributed by atoms with Crippen LogP contribution in [-0.2, 0) is 19.1 Å². The predicted octanol–water partition coefficient (Wildman–Crippen LogP) is 9.69. The zero-order valence-electron chi connectivity index (χ0n) is 43.8. The molecule has 0 spiro atoms. The Kier molecular flexibility index (Phi) is 19.8. The molecule has 404 valence electrons. The Morgan fingerprint density at radius 2 is 1.08 bits per heavy atom. The molecule has 0 unspecified atom stereocenters. The summed E-state index contributed by atoms with van der Waals surface area (Å²) >= 11 is 4.71. The molecule has 1 amide bonds. The molecular weight excluding hydrogens is 1020 g/mol. The molecule has 0 bridgehead atoms. The van der Waals surface area contributed by atoms with Crippen LogP contribution in [0.25, 0.3) is 44.1 Å². The van der Waals surface area contributed by atoms with E-state index in [1.165, 1.54) is 17.8 Å². The van der Waals surface area contributed by atoms with Crippen molar-refractivity contribution in [1.29, 1.82) is 0 Å². The number of ether oxygens (including phenoxy) is 1. The molecule has 18 heteroatoms. The fourth-order valence-corrected chi connectivity index (χ4v) is 9.07. The lowest BCUT2D eigenvalue weighted by Gasteiger charge is -2.36. The van der Waals surface area contributed by atoms with Crippen LogP contribution in [-0.4, -0.2) is 131 Å². The normalized spacial score (nSPS) is 13.4. The SMILES string of the molecule is C=CC(=O)Cl.C=CC(=O)Nc1cccc(-c2cccc3cnc(Nc4ccc(N5CCN(CCOC(=O)C=C)CC5)cc4)nc23)c1.Nc1cccc(-c2cccc3cnc(Nc4ccc(N5CCN(CCO)CC5)cc4)nc23)c1. The molecule has 8 aromatic rings. The van der Waals surface area contributed by atoms with Gasteiger partial charge in [-0.05, 0) is 108 Å². The molecule has 79 heavy (non-hydrogen) atoms. The Morgan fingerprint density at radius 3 is 1.54 bits per heavy atom. The maximum atomic E-state index is 11.8. The Labute approximate surface area is 464 Å². The van der Waals surface area contributed by atoms with E-state index >= 15 is 0 Å². The van der Waals surface area contributed by atoms with Crippen molar-refractivity contribution in [3.63, 3.8) is 0 Å². The van der Waals surface area contributed by atoms with Gasteiger partial charge in [-0.25, -0.2) is 24.7 Å². The highest BCUT2D eigenvalue weighted by molar-refractivity contribution is 6.66. The quantitative estimate of drug-likeness (QED) is 0.0249. The number of nitrogen functional groups attached to an aromatic ring is 1. The molecule has 0 radical (unpaired) electrons. The van der Waals surface area contributed by atoms with Crippen LogP contribution in [0.4, 0.5) is 46.0 Å². The van der Waals surface area contributed by atoms with E-state index < -0.39 is 5.24 Å². The summed E-state index contributed by atoms with van der Waals surface area (Å²) in [6.07, 6.45) is 7.14. The fourth-order valence-electron chi connectivity index (χ4n) is 9.07. The maximum Gasteiger partial charge on any atom is 0.330 e. The number of hydrogen-bond acceptors (Lipinski definition) is 16. The van der Waals surface area contributed by atoms with Gasteiger partial charge in [-0.2, -0.15) is 0 Å². The van der Waals surface area contributed by atoms with Crippen LogP contribution in [0.2, 0.25) is 0 Å². The van der Waals surface area contributed by atoms with E-state index in [9.17, 15) is 14.4 Å². The summed E-state index contributed by atoms with van der Waals surface area (Å²) in [5.41, 5.74) is 17.2. The summed E-state index contributed by atoms with van der Waals surface area (Å²) in [4.78, 5) is 60.4. The molecule has 0 aliphatic carbocycles. The number of allylic oxidation sites excluding steroid dienone is 1. The molecule has 2 aliphatic rings. The highest BCUT2D eigenvalue weighted by Gasteiger charge is 2.19. The highest BCUT2D eigenvalue weighted by Crippen LogP contribution is 2.32. The molecule has 2 fully saturated rings. The van der Waals surface area contributed by atoms with Crippen molar-refractivity contribution in [3.05, 3.63) is 184 Å². The van der Waals surface area contributed by atoms with E-state index in [0.717, 1.165) is 138 Å². The van der Waals surface area contributed by atoms with Gasteiger partial charge in [-0.3, -0.25) is 19.4 Å². The number of esters is 1. The first-order chi connectivity index (χ1) is 38.5. The number of aliphatic hydroxyl groups is 1. The van der Waals surface area contributed by atoms with Gasteiger partial charge < -0.3 is 41.3 Å². The van der Waals surface area contributed by atoms with Crippen LogP contribution < -0.4 is 31.5 Å². The zero-order chi connectivity index (χ0) is 55.5.